The van der Waals surface area contributed by atoms with E-state index < -0.39 is 0 Å². The van der Waals surface area contributed by atoms with E-state index in [1.807, 2.05) is 12.4 Å². The van der Waals surface area contributed by atoms with Crippen LogP contribution in [0.4, 0.5) is 0 Å². The minimum atomic E-state index is 0.561. The lowest BCUT2D eigenvalue weighted by Gasteiger charge is -2.15. The molecule has 1 aliphatic rings. The van der Waals surface area contributed by atoms with Gasteiger partial charge < -0.3 is 5.32 Å². The Morgan fingerprint density at radius 3 is 2.85 bits per heavy atom. The first kappa shape index (κ1) is 8.70. The molecule has 0 aromatic carbocycles. The number of pyridine rings is 1. The van der Waals surface area contributed by atoms with Crippen LogP contribution in [0.15, 0.2) is 24.5 Å². The molecule has 2 rings (SSSR count). The Balaban J connectivity index is 2.06. The van der Waals surface area contributed by atoms with Crippen molar-refractivity contribution in [2.45, 2.75) is 31.7 Å². The van der Waals surface area contributed by atoms with Crippen molar-refractivity contribution < 1.29 is 0 Å². The molecule has 2 nitrogen and oxygen atoms in total. The Morgan fingerprint density at radius 1 is 1.15 bits per heavy atom. The summed E-state index contributed by atoms with van der Waals surface area (Å²) in [6.45, 7) is 1.16. The van der Waals surface area contributed by atoms with Gasteiger partial charge in [0.15, 0.2) is 0 Å². The Kier molecular flexibility index (Phi) is 2.93. The number of nitrogens with one attached hydrogen (secondary N) is 1. The summed E-state index contributed by atoms with van der Waals surface area (Å²) in [5.41, 5.74) is 1.39. The summed E-state index contributed by atoms with van der Waals surface area (Å²) in [6, 6.07) is 4.79. The van der Waals surface area contributed by atoms with Gasteiger partial charge in [0.25, 0.3) is 0 Å². The molecule has 13 heavy (non-hydrogen) atoms. The molecular formula is C11H16N2. The van der Waals surface area contributed by atoms with Crippen molar-refractivity contribution in [2.24, 2.45) is 0 Å². The molecular weight excluding hydrogens is 160 g/mol. The van der Waals surface area contributed by atoms with E-state index in [0.717, 1.165) is 6.54 Å². The van der Waals surface area contributed by atoms with E-state index in [1.54, 1.807) is 0 Å². The SMILES string of the molecule is c1cc([C@H]2CCCCCN2)ccn1. The predicted molar refractivity (Wildman–Crippen MR) is 53.4 cm³/mol. The molecule has 70 valence electrons. The van der Waals surface area contributed by atoms with Crippen molar-refractivity contribution >= 4 is 0 Å². The van der Waals surface area contributed by atoms with Crippen LogP contribution in [0.5, 0.6) is 0 Å². The van der Waals surface area contributed by atoms with Crippen molar-refractivity contribution in [3.8, 4) is 0 Å². The van der Waals surface area contributed by atoms with Gasteiger partial charge in [0.1, 0.15) is 0 Å². The minimum absolute atomic E-state index is 0.561. The van der Waals surface area contributed by atoms with Crippen molar-refractivity contribution in [3.63, 3.8) is 0 Å². The molecule has 1 aromatic rings. The van der Waals surface area contributed by atoms with Gasteiger partial charge >= 0.3 is 0 Å². The lowest BCUT2D eigenvalue weighted by Crippen LogP contribution is -2.20. The monoisotopic (exact) mass is 176 g/mol. The zero-order chi connectivity index (χ0) is 8.93. The van der Waals surface area contributed by atoms with Gasteiger partial charge in [-0.1, -0.05) is 12.8 Å². The maximum Gasteiger partial charge on any atom is 0.0321 e. The lowest BCUT2D eigenvalue weighted by atomic mass is 10.0. The fourth-order valence-electron chi connectivity index (χ4n) is 1.91. The zero-order valence-corrected chi connectivity index (χ0v) is 7.87. The molecule has 2 heterocycles. The summed E-state index contributed by atoms with van der Waals surface area (Å²) in [6.07, 6.45) is 9.06. The van der Waals surface area contributed by atoms with Gasteiger partial charge in [0.2, 0.25) is 0 Å². The standard InChI is InChI=1S/C11H16N2/c1-2-4-11(13-7-3-1)10-5-8-12-9-6-10/h5-6,8-9,11,13H,1-4,7H2/t11-/m1/s1. The third-order valence-electron chi connectivity index (χ3n) is 2.67. The first-order valence-corrected chi connectivity index (χ1v) is 5.10. The van der Waals surface area contributed by atoms with E-state index in [0.29, 0.717) is 6.04 Å². The van der Waals surface area contributed by atoms with Gasteiger partial charge in [0.05, 0.1) is 0 Å². The average molecular weight is 176 g/mol. The second kappa shape index (κ2) is 4.38. The predicted octanol–water partition coefficient (Wildman–Crippen LogP) is 2.29. The maximum absolute atomic E-state index is 4.04. The second-order valence-corrected chi connectivity index (χ2v) is 3.64. The molecule has 0 radical (unpaired) electrons. The van der Waals surface area contributed by atoms with Crippen LogP contribution < -0.4 is 5.32 Å². The van der Waals surface area contributed by atoms with Crippen LogP contribution >= 0.6 is 0 Å². The quantitative estimate of drug-likeness (QED) is 0.710. The van der Waals surface area contributed by atoms with E-state index in [1.165, 1.54) is 31.2 Å². The fraction of sp³-hybridized carbons (Fsp3) is 0.545. The van der Waals surface area contributed by atoms with E-state index in [2.05, 4.69) is 22.4 Å². The Bertz CT molecular complexity index is 238. The molecule has 1 atom stereocenters. The van der Waals surface area contributed by atoms with Crippen LogP contribution in [0.2, 0.25) is 0 Å². The third-order valence-corrected chi connectivity index (χ3v) is 2.67. The Morgan fingerprint density at radius 2 is 2.00 bits per heavy atom. The molecule has 1 N–H and O–H groups in total. The molecule has 1 aliphatic heterocycles. The topological polar surface area (TPSA) is 24.9 Å². The molecule has 0 amide bonds. The molecule has 0 spiro atoms. The molecule has 0 unspecified atom stereocenters. The van der Waals surface area contributed by atoms with E-state index in [4.69, 9.17) is 0 Å². The van der Waals surface area contributed by atoms with E-state index in [9.17, 15) is 0 Å². The summed E-state index contributed by atoms with van der Waals surface area (Å²) in [5.74, 6) is 0. The number of aromatic nitrogens is 1. The highest BCUT2D eigenvalue weighted by atomic mass is 14.9. The van der Waals surface area contributed by atoms with Gasteiger partial charge in [-0.15, -0.1) is 0 Å². The lowest BCUT2D eigenvalue weighted by molar-refractivity contribution is 0.534. The summed E-state index contributed by atoms with van der Waals surface area (Å²) < 4.78 is 0. The van der Waals surface area contributed by atoms with Crippen LogP contribution in [-0.4, -0.2) is 11.5 Å². The molecule has 1 fully saturated rings. The van der Waals surface area contributed by atoms with Crippen LogP contribution in [0, 0.1) is 0 Å². The van der Waals surface area contributed by atoms with Gasteiger partial charge in [-0.25, -0.2) is 0 Å². The normalized spacial score (nSPS) is 23.8. The largest absolute Gasteiger partial charge is 0.310 e. The van der Waals surface area contributed by atoms with Crippen LogP contribution in [0.3, 0.4) is 0 Å². The van der Waals surface area contributed by atoms with Gasteiger partial charge in [0, 0.05) is 18.4 Å². The highest BCUT2D eigenvalue weighted by molar-refractivity contribution is 5.14. The third kappa shape index (κ3) is 2.28. The van der Waals surface area contributed by atoms with E-state index in [-0.39, 0.29) is 0 Å². The van der Waals surface area contributed by atoms with Gasteiger partial charge in [-0.05, 0) is 37.1 Å². The van der Waals surface area contributed by atoms with Crippen molar-refractivity contribution in [2.75, 3.05) is 6.54 Å². The van der Waals surface area contributed by atoms with Crippen molar-refractivity contribution in [1.82, 2.24) is 10.3 Å². The van der Waals surface area contributed by atoms with Crippen molar-refractivity contribution in [3.05, 3.63) is 30.1 Å². The summed E-state index contributed by atoms with van der Waals surface area (Å²) >= 11 is 0. The summed E-state index contributed by atoms with van der Waals surface area (Å²) in [4.78, 5) is 4.04. The smallest absolute Gasteiger partial charge is 0.0321 e. The number of hydrogen-bond donors (Lipinski definition) is 1. The second-order valence-electron chi connectivity index (χ2n) is 3.64. The molecule has 0 aliphatic carbocycles. The van der Waals surface area contributed by atoms with Gasteiger partial charge in [-0.3, -0.25) is 4.98 Å². The molecule has 0 bridgehead atoms. The summed E-state index contributed by atoms with van der Waals surface area (Å²) in [7, 11) is 0. The molecule has 1 aromatic heterocycles. The van der Waals surface area contributed by atoms with Crippen LogP contribution in [-0.2, 0) is 0 Å². The van der Waals surface area contributed by atoms with Crippen LogP contribution in [0.25, 0.3) is 0 Å². The Hall–Kier alpha value is -0.890. The first-order valence-electron chi connectivity index (χ1n) is 5.10. The average Bonchev–Trinajstić information content (AvgIpc) is 2.47. The minimum Gasteiger partial charge on any atom is -0.310 e. The Labute approximate surface area is 79.4 Å². The zero-order valence-electron chi connectivity index (χ0n) is 7.87. The summed E-state index contributed by atoms with van der Waals surface area (Å²) in [5, 5.41) is 3.57. The van der Waals surface area contributed by atoms with Crippen LogP contribution in [0.1, 0.15) is 37.3 Å². The highest BCUT2D eigenvalue weighted by Crippen LogP contribution is 2.21. The number of hydrogen-bond acceptors (Lipinski definition) is 2. The molecule has 2 heteroatoms. The highest BCUT2D eigenvalue weighted by Gasteiger charge is 2.12. The maximum atomic E-state index is 4.04. The molecule has 1 saturated heterocycles. The first-order chi connectivity index (χ1) is 6.47. The molecule has 0 saturated carbocycles. The number of rotatable bonds is 1. The van der Waals surface area contributed by atoms with E-state index >= 15 is 0 Å². The fourth-order valence-corrected chi connectivity index (χ4v) is 1.91. The van der Waals surface area contributed by atoms with Crippen molar-refractivity contribution in [1.29, 1.82) is 0 Å². The van der Waals surface area contributed by atoms with Gasteiger partial charge in [-0.2, -0.15) is 0 Å². The number of nitrogens with zero attached hydrogens (tertiary/aromatic N) is 1.